The average molecular weight is 597 g/mol. The number of aromatic nitrogens is 4. The van der Waals surface area contributed by atoms with Gasteiger partial charge in [-0.15, -0.1) is 0 Å². The second-order valence-corrected chi connectivity index (χ2v) is 12.9. The van der Waals surface area contributed by atoms with Crippen molar-refractivity contribution in [3.63, 3.8) is 0 Å². The van der Waals surface area contributed by atoms with Crippen LogP contribution in [0, 0.1) is 6.92 Å². The molecule has 1 aliphatic rings. The minimum absolute atomic E-state index is 0.191. The molecule has 1 aromatic carbocycles. The number of carbonyl (C=O) groups is 1. The number of aliphatic hydroxyl groups excluding tert-OH is 1. The number of halogens is 1. The molecule has 15 heteroatoms. The zero-order valence-corrected chi connectivity index (χ0v) is 24.9. The number of fused-ring (bicyclic) bond motifs is 1. The van der Waals surface area contributed by atoms with Crippen molar-refractivity contribution >= 4 is 41.4 Å². The summed E-state index contributed by atoms with van der Waals surface area (Å²) >= 11 is 5.70. The Labute approximate surface area is 237 Å². The molecule has 3 aromatic rings. The van der Waals surface area contributed by atoms with Crippen LogP contribution in [0.1, 0.15) is 32.8 Å². The van der Waals surface area contributed by atoms with Crippen LogP contribution in [0.4, 0.5) is 10.2 Å². The Morgan fingerprint density at radius 1 is 1.35 bits per heavy atom. The van der Waals surface area contributed by atoms with E-state index in [4.69, 9.17) is 30.3 Å². The average Bonchev–Trinajstić information content (AvgIpc) is 3.40. The molecule has 218 valence electrons. The Hall–Kier alpha value is -2.74. The van der Waals surface area contributed by atoms with Crippen LogP contribution in [-0.2, 0) is 30.6 Å². The molecule has 6 atom stereocenters. The molecule has 0 radical (unpaired) electrons. The zero-order valence-electron chi connectivity index (χ0n) is 23.1. The first-order valence-electron chi connectivity index (χ1n) is 12.7. The molecular weight excluding hydrogens is 562 g/mol. The van der Waals surface area contributed by atoms with E-state index in [-0.39, 0.29) is 13.2 Å². The first-order valence-corrected chi connectivity index (χ1v) is 15.3. The number of imidazole rings is 1. The smallest absolute Gasteiger partial charge is 0.323 e. The standard InChI is InChI=1S/C25H34FN6O6PS/c1-7-35-23(34)15(2)30-39(40,38-17-11-9-8-10-12-17)36-13-18-20(33)25(4,26)24(37-18)32-14-27-19-21(31(5)6)28-16(3)29-22(19)32/h8-12,14-15,18,20,24,33H,7,13H2,1-6H3,(H,30,40)/t15-,18+,20+,24+,25+,39-/m0/s1. The summed E-state index contributed by atoms with van der Waals surface area (Å²) in [6, 6.07) is 7.85. The van der Waals surface area contributed by atoms with E-state index in [1.54, 1.807) is 49.9 Å². The number of nitrogens with zero attached hydrogens (tertiary/aromatic N) is 5. The van der Waals surface area contributed by atoms with Gasteiger partial charge in [-0.25, -0.2) is 24.4 Å². The van der Waals surface area contributed by atoms with Crippen LogP contribution in [0.25, 0.3) is 11.2 Å². The van der Waals surface area contributed by atoms with Gasteiger partial charge >= 0.3 is 12.6 Å². The first kappa shape index (κ1) is 30.2. The monoisotopic (exact) mass is 596 g/mol. The van der Waals surface area contributed by atoms with E-state index in [1.807, 2.05) is 20.2 Å². The lowest BCUT2D eigenvalue weighted by Gasteiger charge is -2.28. The molecule has 4 rings (SSSR count). The maximum Gasteiger partial charge on any atom is 0.323 e. The highest BCUT2D eigenvalue weighted by Crippen LogP contribution is 2.48. The van der Waals surface area contributed by atoms with Gasteiger partial charge in [0, 0.05) is 14.1 Å². The van der Waals surface area contributed by atoms with E-state index >= 15 is 4.39 Å². The second kappa shape index (κ2) is 12.0. The van der Waals surface area contributed by atoms with Crippen molar-refractivity contribution in [3.8, 4) is 5.75 Å². The molecule has 1 saturated heterocycles. The fourth-order valence-corrected chi connectivity index (χ4v) is 6.70. The summed E-state index contributed by atoms with van der Waals surface area (Å²) in [6.45, 7) is 2.68. The van der Waals surface area contributed by atoms with Gasteiger partial charge in [0.15, 0.2) is 28.9 Å². The number of nitrogens with one attached hydrogen (secondary N) is 1. The predicted octanol–water partition coefficient (Wildman–Crippen LogP) is 3.05. The van der Waals surface area contributed by atoms with Crippen LogP contribution >= 0.6 is 6.64 Å². The SMILES string of the molecule is CCOC(=O)[C@H](C)N[P@](=S)(OC[C@H]1O[C@@H](n2cnc3c(N(C)C)nc(C)nc32)[C@](C)(F)[C@@H]1O)Oc1ccccc1. The summed E-state index contributed by atoms with van der Waals surface area (Å²) < 4.78 is 40.6. The van der Waals surface area contributed by atoms with Gasteiger partial charge in [0.25, 0.3) is 0 Å². The molecule has 1 fully saturated rings. The van der Waals surface area contributed by atoms with Gasteiger partial charge in [0.1, 0.15) is 29.8 Å². The van der Waals surface area contributed by atoms with E-state index in [1.165, 1.54) is 17.8 Å². The van der Waals surface area contributed by atoms with Crippen LogP contribution in [0.2, 0.25) is 0 Å². The number of hydrogen-bond donors (Lipinski definition) is 2. The molecule has 0 saturated carbocycles. The Kier molecular flexibility index (Phi) is 9.08. The minimum Gasteiger partial charge on any atom is -0.465 e. The lowest BCUT2D eigenvalue weighted by molar-refractivity contribution is -0.144. The molecule has 12 nitrogen and oxygen atoms in total. The van der Waals surface area contributed by atoms with Gasteiger partial charge in [-0.2, -0.15) is 0 Å². The third kappa shape index (κ3) is 6.27. The number of alkyl halides is 1. The summed E-state index contributed by atoms with van der Waals surface area (Å²) in [5.41, 5.74) is -1.41. The Morgan fingerprint density at radius 3 is 2.70 bits per heavy atom. The molecule has 3 heterocycles. The van der Waals surface area contributed by atoms with E-state index in [0.29, 0.717) is 28.6 Å². The number of rotatable bonds is 11. The predicted molar refractivity (Wildman–Crippen MR) is 150 cm³/mol. The molecule has 1 aliphatic heterocycles. The highest BCUT2D eigenvalue weighted by molar-refractivity contribution is 8.09. The number of para-hydroxylation sites is 1. The molecule has 0 spiro atoms. The van der Waals surface area contributed by atoms with Crippen molar-refractivity contribution in [2.75, 3.05) is 32.2 Å². The molecule has 0 amide bonds. The molecule has 0 bridgehead atoms. The van der Waals surface area contributed by atoms with Crippen LogP contribution in [-0.4, -0.2) is 81.8 Å². The van der Waals surface area contributed by atoms with Crippen molar-refractivity contribution in [2.24, 2.45) is 0 Å². The highest BCUT2D eigenvalue weighted by atomic mass is 32.5. The number of aliphatic hydroxyl groups is 1. The minimum atomic E-state index is -3.42. The molecule has 40 heavy (non-hydrogen) atoms. The van der Waals surface area contributed by atoms with Crippen LogP contribution in [0.3, 0.4) is 0 Å². The van der Waals surface area contributed by atoms with E-state index in [2.05, 4.69) is 20.0 Å². The van der Waals surface area contributed by atoms with Crippen LogP contribution in [0.5, 0.6) is 5.75 Å². The molecular formula is C25H34FN6O6PS. The van der Waals surface area contributed by atoms with Gasteiger partial charge in [0.05, 0.1) is 19.5 Å². The quantitative estimate of drug-likeness (QED) is 0.249. The lowest BCUT2D eigenvalue weighted by Crippen LogP contribution is -2.41. The summed E-state index contributed by atoms with van der Waals surface area (Å²) in [5.74, 6) is 0.914. The van der Waals surface area contributed by atoms with E-state index in [0.717, 1.165) is 0 Å². The van der Waals surface area contributed by atoms with Crippen molar-refractivity contribution in [1.29, 1.82) is 0 Å². The normalized spacial score (nSPS) is 24.9. The Morgan fingerprint density at radius 2 is 2.05 bits per heavy atom. The largest absolute Gasteiger partial charge is 0.465 e. The Balaban J connectivity index is 1.58. The number of esters is 1. The molecule has 0 unspecified atom stereocenters. The summed E-state index contributed by atoms with van der Waals surface area (Å²) in [6.07, 6.45) is -2.58. The maximum absolute atomic E-state index is 16.1. The van der Waals surface area contributed by atoms with Gasteiger partial charge < -0.3 is 28.5 Å². The summed E-state index contributed by atoms with van der Waals surface area (Å²) in [4.78, 5) is 27.3. The van der Waals surface area contributed by atoms with Crippen molar-refractivity contribution in [3.05, 3.63) is 42.5 Å². The van der Waals surface area contributed by atoms with E-state index < -0.39 is 42.8 Å². The van der Waals surface area contributed by atoms with Gasteiger partial charge in [-0.05, 0) is 51.6 Å². The molecule has 2 aromatic heterocycles. The van der Waals surface area contributed by atoms with E-state index in [9.17, 15) is 9.90 Å². The fraction of sp³-hybridized carbons (Fsp3) is 0.520. The summed E-state index contributed by atoms with van der Waals surface area (Å²) in [7, 11) is 3.64. The number of aryl methyl sites for hydroxylation is 1. The third-order valence-electron chi connectivity index (χ3n) is 6.28. The lowest BCUT2D eigenvalue weighted by atomic mass is 9.98. The van der Waals surface area contributed by atoms with Crippen LogP contribution in [0.15, 0.2) is 36.7 Å². The molecule has 2 N–H and O–H groups in total. The highest BCUT2D eigenvalue weighted by Gasteiger charge is 2.56. The fourth-order valence-electron chi connectivity index (χ4n) is 4.28. The second-order valence-electron chi connectivity index (χ2n) is 9.74. The first-order chi connectivity index (χ1) is 18.9. The van der Waals surface area contributed by atoms with Crippen molar-refractivity contribution in [2.45, 2.75) is 57.8 Å². The van der Waals surface area contributed by atoms with Crippen LogP contribution < -0.4 is 14.5 Å². The van der Waals surface area contributed by atoms with Gasteiger partial charge in [0.2, 0.25) is 0 Å². The zero-order chi connectivity index (χ0) is 29.2. The number of carbonyl (C=O) groups excluding carboxylic acids is 1. The van der Waals surface area contributed by atoms with Gasteiger partial charge in [-0.1, -0.05) is 18.2 Å². The Bertz CT molecular complexity index is 1390. The number of anilines is 1. The van der Waals surface area contributed by atoms with Gasteiger partial charge in [-0.3, -0.25) is 9.36 Å². The molecule has 0 aliphatic carbocycles. The summed E-state index contributed by atoms with van der Waals surface area (Å²) in [5, 5.41) is 13.9. The van der Waals surface area contributed by atoms with Crippen molar-refractivity contribution in [1.82, 2.24) is 24.6 Å². The van der Waals surface area contributed by atoms with Crippen molar-refractivity contribution < 1.29 is 32.8 Å². The topological polar surface area (TPSA) is 133 Å². The number of hydrogen-bond acceptors (Lipinski definition) is 11. The third-order valence-corrected chi connectivity index (χ3v) is 8.78. The number of benzene rings is 1. The number of ether oxygens (including phenoxy) is 2. The maximum atomic E-state index is 16.1.